The van der Waals surface area contributed by atoms with Gasteiger partial charge in [0.25, 0.3) is 6.08 Å². The second-order valence-corrected chi connectivity index (χ2v) is 11.5. The lowest BCUT2D eigenvalue weighted by molar-refractivity contribution is -0.237. The Balaban J connectivity index is 1.12. The monoisotopic (exact) mass is 464 g/mol. The van der Waals surface area contributed by atoms with Crippen molar-refractivity contribution in [3.63, 3.8) is 0 Å². The van der Waals surface area contributed by atoms with E-state index in [1.54, 1.807) is 0 Å². The van der Waals surface area contributed by atoms with E-state index in [-0.39, 0.29) is 12.2 Å². The molecule has 0 atom stereocenters. The highest BCUT2D eigenvalue weighted by Gasteiger charge is 2.37. The predicted molar refractivity (Wildman–Crippen MR) is 130 cm³/mol. The van der Waals surface area contributed by atoms with Crippen LogP contribution in [0.25, 0.3) is 0 Å². The van der Waals surface area contributed by atoms with Crippen LogP contribution in [0.5, 0.6) is 0 Å². The molecule has 4 fully saturated rings. The van der Waals surface area contributed by atoms with E-state index in [1.165, 1.54) is 70.3 Å². The summed E-state index contributed by atoms with van der Waals surface area (Å²) < 4.78 is 37.7. The lowest BCUT2D eigenvalue weighted by atomic mass is 9.69. The molecule has 2 nitrogen and oxygen atoms in total. The van der Waals surface area contributed by atoms with Gasteiger partial charge in [-0.25, -0.2) is 0 Å². The molecule has 4 heteroatoms. The third-order valence-corrected chi connectivity index (χ3v) is 9.53. The molecule has 0 spiro atoms. The summed E-state index contributed by atoms with van der Waals surface area (Å²) in [5, 5.41) is 0. The molecule has 188 valence electrons. The molecule has 33 heavy (non-hydrogen) atoms. The second kappa shape index (κ2) is 12.8. The third kappa shape index (κ3) is 7.37. The first-order chi connectivity index (χ1) is 16.1. The van der Waals surface area contributed by atoms with Gasteiger partial charge in [-0.05, 0) is 120 Å². The van der Waals surface area contributed by atoms with Gasteiger partial charge < -0.3 is 9.47 Å². The van der Waals surface area contributed by atoms with Gasteiger partial charge in [-0.2, -0.15) is 8.78 Å². The molecule has 1 saturated heterocycles. The fourth-order valence-electron chi connectivity index (χ4n) is 7.37. The Labute approximate surface area is 200 Å². The van der Waals surface area contributed by atoms with Gasteiger partial charge in [0.15, 0.2) is 6.29 Å². The quantitative estimate of drug-likeness (QED) is 0.351. The highest BCUT2D eigenvalue weighted by molar-refractivity contribution is 4.92. The topological polar surface area (TPSA) is 18.5 Å². The van der Waals surface area contributed by atoms with Crippen molar-refractivity contribution in [2.45, 2.75) is 103 Å². The van der Waals surface area contributed by atoms with Crippen molar-refractivity contribution >= 4 is 0 Å². The minimum atomic E-state index is -1.50. The molecule has 0 unspecified atom stereocenters. The summed E-state index contributed by atoms with van der Waals surface area (Å²) in [6.07, 6.45) is 21.3. The Hall–Kier alpha value is -0.740. The Kier molecular flexibility index (Phi) is 9.85. The Morgan fingerprint density at radius 1 is 0.697 bits per heavy atom. The molecule has 4 rings (SSSR count). The summed E-state index contributed by atoms with van der Waals surface area (Å²) in [6.45, 7) is 3.89. The zero-order chi connectivity index (χ0) is 23.0. The van der Waals surface area contributed by atoms with Gasteiger partial charge in [0.05, 0.1) is 13.2 Å². The standard InChI is InChI=1S/C29H46F2O2/c1-2-3-4-5-21-6-10-25(11-7-21)27-19-32-29(33-20-27)26-16-14-24(15-17-26)23-12-8-22(9-13-23)18-28(30)31/h2-3,18,21-27,29H,4-17,19-20H2,1H3. The molecule has 0 radical (unpaired) electrons. The lowest BCUT2D eigenvalue weighted by Gasteiger charge is -2.42. The fourth-order valence-corrected chi connectivity index (χ4v) is 7.37. The van der Waals surface area contributed by atoms with Crippen LogP contribution in [0, 0.1) is 41.4 Å². The van der Waals surface area contributed by atoms with Crippen LogP contribution in [0.2, 0.25) is 0 Å². The summed E-state index contributed by atoms with van der Waals surface area (Å²) in [5.74, 6) is 4.46. The molecule has 0 N–H and O–H groups in total. The minimum absolute atomic E-state index is 0.00720. The molecule has 1 aliphatic heterocycles. The molecule has 3 saturated carbocycles. The van der Waals surface area contributed by atoms with E-state index < -0.39 is 6.08 Å². The van der Waals surface area contributed by atoms with E-state index in [4.69, 9.17) is 9.47 Å². The molecule has 0 aromatic carbocycles. The zero-order valence-corrected chi connectivity index (χ0v) is 20.7. The normalized spacial score (nSPS) is 40.6. The van der Waals surface area contributed by atoms with Crippen molar-refractivity contribution in [3.8, 4) is 0 Å². The van der Waals surface area contributed by atoms with Crippen molar-refractivity contribution in [2.24, 2.45) is 41.4 Å². The van der Waals surface area contributed by atoms with Gasteiger partial charge in [-0.3, -0.25) is 0 Å². The first-order valence-electron chi connectivity index (χ1n) is 14.0. The fraction of sp³-hybridized carbons (Fsp3) is 0.862. The van der Waals surface area contributed by atoms with Crippen molar-refractivity contribution in [2.75, 3.05) is 13.2 Å². The second-order valence-electron chi connectivity index (χ2n) is 11.5. The maximum absolute atomic E-state index is 12.5. The molecule has 0 bridgehead atoms. The first-order valence-corrected chi connectivity index (χ1v) is 14.0. The van der Waals surface area contributed by atoms with Crippen molar-refractivity contribution in [1.82, 2.24) is 0 Å². The van der Waals surface area contributed by atoms with E-state index in [0.717, 1.165) is 62.6 Å². The predicted octanol–water partition coefficient (Wildman–Crippen LogP) is 8.53. The number of halogens is 2. The highest BCUT2D eigenvalue weighted by Crippen LogP contribution is 2.44. The van der Waals surface area contributed by atoms with Crippen LogP contribution >= 0.6 is 0 Å². The number of ether oxygens (including phenoxy) is 2. The average Bonchev–Trinajstić information content (AvgIpc) is 2.85. The van der Waals surface area contributed by atoms with Crippen LogP contribution in [0.1, 0.15) is 96.8 Å². The number of allylic oxidation sites excluding steroid dienone is 3. The lowest BCUT2D eigenvalue weighted by Crippen LogP contribution is -2.41. The number of rotatable bonds is 7. The van der Waals surface area contributed by atoms with Gasteiger partial charge >= 0.3 is 0 Å². The van der Waals surface area contributed by atoms with Gasteiger partial charge in [0, 0.05) is 11.8 Å². The van der Waals surface area contributed by atoms with Crippen LogP contribution in [-0.4, -0.2) is 19.5 Å². The van der Waals surface area contributed by atoms with E-state index in [2.05, 4.69) is 19.1 Å². The molecule has 4 aliphatic rings. The Morgan fingerprint density at radius 3 is 1.79 bits per heavy atom. The van der Waals surface area contributed by atoms with Crippen molar-refractivity contribution in [1.29, 1.82) is 0 Å². The Bertz CT molecular complexity index is 612. The maximum atomic E-state index is 12.5. The smallest absolute Gasteiger partial charge is 0.266 e. The molecule has 0 aromatic heterocycles. The van der Waals surface area contributed by atoms with Gasteiger partial charge in [-0.1, -0.05) is 25.0 Å². The molecular weight excluding hydrogens is 418 g/mol. The molecule has 1 heterocycles. The van der Waals surface area contributed by atoms with E-state index in [9.17, 15) is 8.78 Å². The van der Waals surface area contributed by atoms with Gasteiger partial charge in [-0.15, -0.1) is 0 Å². The largest absolute Gasteiger partial charge is 0.352 e. The van der Waals surface area contributed by atoms with Crippen LogP contribution in [0.3, 0.4) is 0 Å². The van der Waals surface area contributed by atoms with E-state index >= 15 is 0 Å². The summed E-state index contributed by atoms with van der Waals surface area (Å²) in [6, 6.07) is 0. The van der Waals surface area contributed by atoms with Crippen LogP contribution in [-0.2, 0) is 9.47 Å². The van der Waals surface area contributed by atoms with Crippen LogP contribution < -0.4 is 0 Å². The zero-order valence-electron chi connectivity index (χ0n) is 20.7. The molecule has 0 amide bonds. The number of hydrogen-bond donors (Lipinski definition) is 0. The maximum Gasteiger partial charge on any atom is 0.266 e. The highest BCUT2D eigenvalue weighted by atomic mass is 19.3. The van der Waals surface area contributed by atoms with Crippen molar-refractivity contribution < 1.29 is 18.3 Å². The van der Waals surface area contributed by atoms with E-state index in [1.807, 2.05) is 0 Å². The summed E-state index contributed by atoms with van der Waals surface area (Å²) >= 11 is 0. The summed E-state index contributed by atoms with van der Waals surface area (Å²) in [7, 11) is 0. The van der Waals surface area contributed by atoms with Gasteiger partial charge in [0.1, 0.15) is 0 Å². The molecule has 3 aliphatic carbocycles. The molecular formula is C29H46F2O2. The van der Waals surface area contributed by atoms with Gasteiger partial charge in [0.2, 0.25) is 0 Å². The number of hydrogen-bond acceptors (Lipinski definition) is 2. The first kappa shape index (κ1) is 25.4. The van der Waals surface area contributed by atoms with Crippen LogP contribution in [0.15, 0.2) is 24.3 Å². The van der Waals surface area contributed by atoms with E-state index in [0.29, 0.717) is 11.8 Å². The Morgan fingerprint density at radius 2 is 1.21 bits per heavy atom. The average molecular weight is 465 g/mol. The molecule has 0 aromatic rings. The third-order valence-electron chi connectivity index (χ3n) is 9.53. The minimum Gasteiger partial charge on any atom is -0.352 e. The van der Waals surface area contributed by atoms with Crippen LogP contribution in [0.4, 0.5) is 8.78 Å². The SMILES string of the molecule is CC=CCCC1CCC(C2COC(C3CCC(C4CCC(C=C(F)F)CC4)CC3)OC2)CC1. The van der Waals surface area contributed by atoms with Crippen molar-refractivity contribution in [3.05, 3.63) is 24.3 Å². The summed E-state index contributed by atoms with van der Waals surface area (Å²) in [4.78, 5) is 0. The summed E-state index contributed by atoms with van der Waals surface area (Å²) in [5.41, 5.74) is 0.